The molecule has 24 heavy (non-hydrogen) atoms. The van der Waals surface area contributed by atoms with Gasteiger partial charge in [-0.2, -0.15) is 0 Å². The van der Waals surface area contributed by atoms with Crippen LogP contribution in [0, 0.1) is 0 Å². The summed E-state index contributed by atoms with van der Waals surface area (Å²) in [7, 11) is 1.62. The van der Waals surface area contributed by atoms with Crippen LogP contribution in [0.25, 0.3) is 0 Å². The molecule has 0 aromatic heterocycles. The quantitative estimate of drug-likeness (QED) is 0.852. The molecule has 2 atom stereocenters. The van der Waals surface area contributed by atoms with Gasteiger partial charge in [0.2, 0.25) is 5.91 Å². The van der Waals surface area contributed by atoms with Gasteiger partial charge < -0.3 is 24.6 Å². The summed E-state index contributed by atoms with van der Waals surface area (Å²) in [6.45, 7) is 1.41. The second-order valence-corrected chi connectivity index (χ2v) is 6.74. The number of carbonyl (C=O) groups excluding carboxylic acids is 1. The van der Waals surface area contributed by atoms with Crippen molar-refractivity contribution < 1.29 is 24.5 Å². The average Bonchev–Trinajstić information content (AvgIpc) is 2.60. The Morgan fingerprint density at radius 3 is 2.50 bits per heavy atom. The van der Waals surface area contributed by atoms with Gasteiger partial charge in [0, 0.05) is 19.5 Å². The monoisotopic (exact) mass is 335 g/mol. The molecule has 2 heterocycles. The van der Waals surface area contributed by atoms with E-state index in [0.717, 1.165) is 11.3 Å². The summed E-state index contributed by atoms with van der Waals surface area (Å²) < 4.78 is 10.9. The van der Waals surface area contributed by atoms with Gasteiger partial charge in [-0.05, 0) is 30.5 Å². The highest BCUT2D eigenvalue weighted by atomic mass is 16.5. The number of amides is 1. The average molecular weight is 335 g/mol. The summed E-state index contributed by atoms with van der Waals surface area (Å²) in [5, 5.41) is 19.5. The van der Waals surface area contributed by atoms with E-state index < -0.39 is 17.8 Å². The van der Waals surface area contributed by atoms with E-state index in [4.69, 9.17) is 9.47 Å². The largest absolute Gasteiger partial charge is 0.497 e. The zero-order valence-electron chi connectivity index (χ0n) is 14.0. The molecular weight excluding hydrogens is 310 g/mol. The van der Waals surface area contributed by atoms with Gasteiger partial charge >= 0.3 is 0 Å². The predicted molar refractivity (Wildman–Crippen MR) is 87.8 cm³/mol. The highest BCUT2D eigenvalue weighted by Crippen LogP contribution is 2.35. The van der Waals surface area contributed by atoms with E-state index in [1.165, 1.54) is 0 Å². The molecule has 0 unspecified atom stereocenters. The molecule has 0 radical (unpaired) electrons. The van der Waals surface area contributed by atoms with Crippen molar-refractivity contribution in [1.82, 2.24) is 4.90 Å². The van der Waals surface area contributed by atoms with Crippen molar-refractivity contribution in [2.75, 3.05) is 26.8 Å². The van der Waals surface area contributed by atoms with Gasteiger partial charge in [-0.1, -0.05) is 12.1 Å². The summed E-state index contributed by atoms with van der Waals surface area (Å²) in [5.41, 5.74) is 0.573. The normalized spacial score (nSPS) is 26.4. The third-order valence-electron chi connectivity index (χ3n) is 5.13. The Kier molecular flexibility index (Phi) is 5.08. The third kappa shape index (κ3) is 3.71. The van der Waals surface area contributed by atoms with Crippen molar-refractivity contribution >= 4 is 5.91 Å². The maximum absolute atomic E-state index is 12.5. The number of nitrogens with zero attached hydrogens (tertiary/aromatic N) is 1. The van der Waals surface area contributed by atoms with Gasteiger partial charge in [0.15, 0.2) is 0 Å². The molecule has 2 saturated heterocycles. The molecule has 2 aliphatic heterocycles. The Labute approximate surface area is 142 Å². The zero-order valence-corrected chi connectivity index (χ0v) is 14.0. The number of benzene rings is 1. The van der Waals surface area contributed by atoms with Crippen LogP contribution in [0.15, 0.2) is 24.3 Å². The number of carbonyl (C=O) groups is 1. The van der Waals surface area contributed by atoms with Gasteiger partial charge in [0.25, 0.3) is 0 Å². The lowest BCUT2D eigenvalue weighted by molar-refractivity contribution is -0.188. The number of aliphatic hydroxyl groups is 2. The second-order valence-electron chi connectivity index (χ2n) is 6.74. The zero-order chi connectivity index (χ0) is 17.2. The Balaban J connectivity index is 1.53. The first-order valence-electron chi connectivity index (χ1n) is 8.42. The Morgan fingerprint density at radius 2 is 1.92 bits per heavy atom. The van der Waals surface area contributed by atoms with Crippen molar-refractivity contribution in [2.45, 2.75) is 43.5 Å². The molecule has 1 aromatic carbocycles. The minimum absolute atomic E-state index is 0.103. The van der Waals surface area contributed by atoms with Crippen LogP contribution in [0.2, 0.25) is 0 Å². The summed E-state index contributed by atoms with van der Waals surface area (Å²) in [6.07, 6.45) is 0.676. The predicted octanol–water partition coefficient (Wildman–Crippen LogP) is 0.741. The number of hydrogen-bond acceptors (Lipinski definition) is 5. The number of aliphatic hydroxyl groups excluding tert-OH is 2. The number of hydrogen-bond donors (Lipinski definition) is 2. The molecule has 3 rings (SSSR count). The van der Waals surface area contributed by atoms with E-state index in [9.17, 15) is 15.0 Å². The highest BCUT2D eigenvalue weighted by molar-refractivity contribution is 5.79. The molecule has 2 aliphatic rings. The molecule has 6 heteroatoms. The van der Waals surface area contributed by atoms with E-state index >= 15 is 0 Å². The Hall–Kier alpha value is -1.63. The topological polar surface area (TPSA) is 79.2 Å². The van der Waals surface area contributed by atoms with Crippen LogP contribution in [-0.2, 0) is 16.0 Å². The van der Waals surface area contributed by atoms with Crippen LogP contribution in [0.1, 0.15) is 24.8 Å². The highest BCUT2D eigenvalue weighted by Gasteiger charge is 2.43. The van der Waals surface area contributed by atoms with Gasteiger partial charge in [-0.3, -0.25) is 4.79 Å². The molecule has 1 amide bonds. The minimum Gasteiger partial charge on any atom is -0.497 e. The number of methoxy groups -OCH3 is 1. The first-order chi connectivity index (χ1) is 11.5. The van der Waals surface area contributed by atoms with Crippen LogP contribution in [0.4, 0.5) is 0 Å². The van der Waals surface area contributed by atoms with Crippen molar-refractivity contribution in [2.24, 2.45) is 0 Å². The molecule has 132 valence electrons. The molecule has 1 aromatic rings. The van der Waals surface area contributed by atoms with E-state index in [0.29, 0.717) is 38.8 Å². The maximum atomic E-state index is 12.5. The van der Waals surface area contributed by atoms with E-state index in [1.54, 1.807) is 7.11 Å². The SMILES string of the molecule is COc1ccc(CC(=O)N2CCC3(CC2)C[C@@H](O)[C@@H](O)CO3)cc1. The lowest BCUT2D eigenvalue weighted by atomic mass is 9.82. The number of piperidine rings is 1. The molecule has 1 spiro atoms. The Morgan fingerprint density at radius 1 is 1.25 bits per heavy atom. The molecule has 0 bridgehead atoms. The lowest BCUT2D eigenvalue weighted by Crippen LogP contribution is -2.55. The summed E-state index contributed by atoms with van der Waals surface area (Å²) >= 11 is 0. The molecule has 0 saturated carbocycles. The van der Waals surface area contributed by atoms with Crippen LogP contribution in [-0.4, -0.2) is 65.6 Å². The molecule has 2 N–H and O–H groups in total. The lowest BCUT2D eigenvalue weighted by Gasteiger charge is -2.46. The molecular formula is C18H25NO5. The van der Waals surface area contributed by atoms with Crippen LogP contribution in [0.5, 0.6) is 5.75 Å². The fraction of sp³-hybridized carbons (Fsp3) is 0.611. The number of rotatable bonds is 3. The minimum atomic E-state index is -0.801. The number of likely N-dealkylation sites (tertiary alicyclic amines) is 1. The van der Waals surface area contributed by atoms with Gasteiger partial charge in [-0.15, -0.1) is 0 Å². The van der Waals surface area contributed by atoms with Crippen molar-refractivity contribution in [3.05, 3.63) is 29.8 Å². The molecule has 2 fully saturated rings. The van der Waals surface area contributed by atoms with Crippen LogP contribution in [0.3, 0.4) is 0 Å². The van der Waals surface area contributed by atoms with Gasteiger partial charge in [0.1, 0.15) is 11.9 Å². The van der Waals surface area contributed by atoms with Crippen molar-refractivity contribution in [3.63, 3.8) is 0 Å². The first kappa shape index (κ1) is 17.2. The molecule has 0 aliphatic carbocycles. The number of ether oxygens (including phenoxy) is 2. The van der Waals surface area contributed by atoms with E-state index in [1.807, 2.05) is 29.2 Å². The van der Waals surface area contributed by atoms with Crippen LogP contribution < -0.4 is 4.74 Å². The summed E-state index contributed by atoms with van der Waals surface area (Å²) in [6, 6.07) is 7.53. The van der Waals surface area contributed by atoms with Crippen molar-refractivity contribution in [3.8, 4) is 5.75 Å². The standard InChI is InChI=1S/C18H25NO5/c1-23-14-4-2-13(3-5-14)10-17(22)19-8-6-18(7-9-19)11-15(20)16(21)12-24-18/h2-5,15-16,20-21H,6-12H2,1H3/t15-,16+/m1/s1. The van der Waals surface area contributed by atoms with Crippen LogP contribution >= 0.6 is 0 Å². The fourth-order valence-electron chi connectivity index (χ4n) is 3.49. The summed E-state index contributed by atoms with van der Waals surface area (Å²) in [4.78, 5) is 14.3. The maximum Gasteiger partial charge on any atom is 0.226 e. The van der Waals surface area contributed by atoms with Gasteiger partial charge in [0.05, 0.1) is 31.8 Å². The second kappa shape index (κ2) is 7.09. The fourth-order valence-corrected chi connectivity index (χ4v) is 3.49. The van der Waals surface area contributed by atoms with Gasteiger partial charge in [-0.25, -0.2) is 0 Å². The smallest absolute Gasteiger partial charge is 0.226 e. The third-order valence-corrected chi connectivity index (χ3v) is 5.13. The van der Waals surface area contributed by atoms with Crippen molar-refractivity contribution in [1.29, 1.82) is 0 Å². The Bertz CT molecular complexity index is 565. The summed E-state index contributed by atoms with van der Waals surface area (Å²) in [5.74, 6) is 0.882. The first-order valence-corrected chi connectivity index (χ1v) is 8.42. The molecule has 6 nitrogen and oxygen atoms in total. The van der Waals surface area contributed by atoms with E-state index in [2.05, 4.69) is 0 Å². The van der Waals surface area contributed by atoms with E-state index in [-0.39, 0.29) is 12.5 Å².